The van der Waals surface area contributed by atoms with E-state index in [1.807, 2.05) is 0 Å². The molecule has 0 aliphatic heterocycles. The number of benzene rings is 1. The first kappa shape index (κ1) is 12.7. The van der Waals surface area contributed by atoms with E-state index < -0.39 is 0 Å². The molecule has 102 valence electrons. The Hall–Kier alpha value is -1.28. The van der Waals surface area contributed by atoms with Crippen LogP contribution in [0.4, 0.5) is 0 Å². The van der Waals surface area contributed by atoms with Gasteiger partial charge in [-0.1, -0.05) is 31.5 Å². The second kappa shape index (κ2) is 5.79. The average molecular weight is 256 g/mol. The van der Waals surface area contributed by atoms with Gasteiger partial charge in [-0.15, -0.1) is 0 Å². The first-order valence-corrected chi connectivity index (χ1v) is 7.62. The molecule has 2 aromatic rings. The normalized spacial score (nSPS) is 23.2. The number of fused-ring (bicyclic) bond motifs is 1. The number of nitrogens with one attached hydrogen (secondary N) is 1. The summed E-state index contributed by atoms with van der Waals surface area (Å²) in [5.74, 6) is 0.868. The van der Waals surface area contributed by atoms with Crippen molar-refractivity contribution in [3.63, 3.8) is 0 Å². The standard InChI is InChI=1S/C17H24N2/c1-14-6-4-8-16(14)18-11-5-12-19-13-10-15-7-2-3-9-17(15)19/h2-3,7,9-10,13-14,16,18H,4-6,8,11-12H2,1H3. The third-order valence-electron chi connectivity index (χ3n) is 4.52. The molecule has 2 atom stereocenters. The summed E-state index contributed by atoms with van der Waals surface area (Å²) in [4.78, 5) is 0. The van der Waals surface area contributed by atoms with E-state index in [2.05, 4.69) is 53.3 Å². The van der Waals surface area contributed by atoms with E-state index in [1.54, 1.807) is 0 Å². The Morgan fingerprint density at radius 3 is 2.95 bits per heavy atom. The third kappa shape index (κ3) is 2.84. The van der Waals surface area contributed by atoms with Crippen LogP contribution in [0.25, 0.3) is 10.9 Å². The molecule has 1 N–H and O–H groups in total. The minimum Gasteiger partial charge on any atom is -0.347 e. The van der Waals surface area contributed by atoms with Gasteiger partial charge in [-0.2, -0.15) is 0 Å². The lowest BCUT2D eigenvalue weighted by Gasteiger charge is -2.17. The Labute approximate surface area is 115 Å². The second-order valence-corrected chi connectivity index (χ2v) is 5.89. The van der Waals surface area contributed by atoms with Crippen LogP contribution in [0.15, 0.2) is 36.5 Å². The monoisotopic (exact) mass is 256 g/mol. The maximum atomic E-state index is 3.73. The number of hydrogen-bond acceptors (Lipinski definition) is 1. The fourth-order valence-electron chi connectivity index (χ4n) is 3.32. The molecule has 0 amide bonds. The molecule has 2 nitrogen and oxygen atoms in total. The fraction of sp³-hybridized carbons (Fsp3) is 0.529. The number of hydrogen-bond donors (Lipinski definition) is 1. The van der Waals surface area contributed by atoms with Gasteiger partial charge in [0.2, 0.25) is 0 Å². The van der Waals surface area contributed by atoms with Crippen molar-refractivity contribution >= 4 is 10.9 Å². The molecule has 19 heavy (non-hydrogen) atoms. The highest BCUT2D eigenvalue weighted by atomic mass is 15.0. The number of aromatic nitrogens is 1. The molecular weight excluding hydrogens is 232 g/mol. The van der Waals surface area contributed by atoms with Crippen LogP contribution in [0.1, 0.15) is 32.6 Å². The predicted molar refractivity (Wildman–Crippen MR) is 81.4 cm³/mol. The summed E-state index contributed by atoms with van der Waals surface area (Å²) in [6, 6.07) is 11.6. The van der Waals surface area contributed by atoms with E-state index in [9.17, 15) is 0 Å². The highest BCUT2D eigenvalue weighted by Crippen LogP contribution is 2.24. The zero-order valence-electron chi connectivity index (χ0n) is 11.8. The van der Waals surface area contributed by atoms with Crippen LogP contribution in [-0.4, -0.2) is 17.2 Å². The van der Waals surface area contributed by atoms with Crippen LogP contribution >= 0.6 is 0 Å². The Kier molecular flexibility index (Phi) is 3.88. The van der Waals surface area contributed by atoms with E-state index in [0.29, 0.717) is 0 Å². The molecule has 0 radical (unpaired) electrons. The molecule has 3 rings (SSSR count). The Morgan fingerprint density at radius 2 is 2.11 bits per heavy atom. The van der Waals surface area contributed by atoms with E-state index in [1.165, 1.54) is 36.6 Å². The Bertz CT molecular complexity index is 529. The Balaban J connectivity index is 1.50. The number of aryl methyl sites for hydroxylation is 1. The molecule has 0 bridgehead atoms. The predicted octanol–water partition coefficient (Wildman–Crippen LogP) is 3.81. The largest absolute Gasteiger partial charge is 0.347 e. The third-order valence-corrected chi connectivity index (χ3v) is 4.52. The van der Waals surface area contributed by atoms with Gasteiger partial charge < -0.3 is 9.88 Å². The van der Waals surface area contributed by atoms with E-state index in [-0.39, 0.29) is 0 Å². The van der Waals surface area contributed by atoms with Gasteiger partial charge in [-0.25, -0.2) is 0 Å². The number of rotatable bonds is 5. The molecule has 1 aliphatic carbocycles. The molecule has 1 heterocycles. The van der Waals surface area contributed by atoms with Gasteiger partial charge in [0.15, 0.2) is 0 Å². The highest BCUT2D eigenvalue weighted by Gasteiger charge is 2.21. The van der Waals surface area contributed by atoms with E-state index in [4.69, 9.17) is 0 Å². The van der Waals surface area contributed by atoms with Crippen molar-refractivity contribution in [1.29, 1.82) is 0 Å². The summed E-state index contributed by atoms with van der Waals surface area (Å²) in [7, 11) is 0. The van der Waals surface area contributed by atoms with Crippen molar-refractivity contribution in [2.45, 2.75) is 45.2 Å². The van der Waals surface area contributed by atoms with Crippen molar-refractivity contribution < 1.29 is 0 Å². The summed E-state index contributed by atoms with van der Waals surface area (Å²) in [6.45, 7) is 4.63. The molecule has 0 spiro atoms. The van der Waals surface area contributed by atoms with Gasteiger partial charge in [0, 0.05) is 24.3 Å². The smallest absolute Gasteiger partial charge is 0.0480 e. The van der Waals surface area contributed by atoms with Crippen LogP contribution in [-0.2, 0) is 6.54 Å². The quantitative estimate of drug-likeness (QED) is 0.805. The molecule has 1 aromatic carbocycles. The number of nitrogens with zero attached hydrogens (tertiary/aromatic N) is 1. The molecule has 1 aromatic heterocycles. The molecule has 1 aliphatic rings. The molecule has 2 unspecified atom stereocenters. The molecule has 1 fully saturated rings. The minimum absolute atomic E-state index is 0.765. The first-order valence-electron chi connectivity index (χ1n) is 7.62. The van der Waals surface area contributed by atoms with Crippen molar-refractivity contribution in [2.75, 3.05) is 6.54 Å². The lowest BCUT2D eigenvalue weighted by atomic mass is 10.1. The van der Waals surface area contributed by atoms with Crippen LogP contribution in [0.2, 0.25) is 0 Å². The van der Waals surface area contributed by atoms with E-state index in [0.717, 1.165) is 25.0 Å². The zero-order chi connectivity index (χ0) is 13.1. The SMILES string of the molecule is CC1CCCC1NCCCn1ccc2ccccc21. The van der Waals surface area contributed by atoms with Gasteiger partial charge >= 0.3 is 0 Å². The maximum absolute atomic E-state index is 3.73. The average Bonchev–Trinajstić information content (AvgIpc) is 3.02. The van der Waals surface area contributed by atoms with Crippen molar-refractivity contribution in [1.82, 2.24) is 9.88 Å². The lowest BCUT2D eigenvalue weighted by Crippen LogP contribution is -2.32. The zero-order valence-corrected chi connectivity index (χ0v) is 11.8. The van der Waals surface area contributed by atoms with E-state index >= 15 is 0 Å². The van der Waals surface area contributed by atoms with Crippen molar-refractivity contribution in [3.8, 4) is 0 Å². The highest BCUT2D eigenvalue weighted by molar-refractivity contribution is 5.79. The fourth-order valence-corrected chi connectivity index (χ4v) is 3.32. The van der Waals surface area contributed by atoms with Gasteiger partial charge in [0.25, 0.3) is 0 Å². The molecule has 2 heteroatoms. The summed E-state index contributed by atoms with van der Waals surface area (Å²) in [5, 5.41) is 5.08. The Morgan fingerprint density at radius 1 is 1.21 bits per heavy atom. The van der Waals surface area contributed by atoms with Gasteiger partial charge in [-0.05, 0) is 49.2 Å². The van der Waals surface area contributed by atoms with Gasteiger partial charge in [0.1, 0.15) is 0 Å². The topological polar surface area (TPSA) is 17.0 Å². The first-order chi connectivity index (χ1) is 9.34. The second-order valence-electron chi connectivity index (χ2n) is 5.89. The summed E-state index contributed by atoms with van der Waals surface area (Å²) in [6.07, 6.45) is 7.60. The minimum atomic E-state index is 0.765. The molecular formula is C17H24N2. The van der Waals surface area contributed by atoms with Crippen LogP contribution in [0.5, 0.6) is 0 Å². The van der Waals surface area contributed by atoms with Gasteiger partial charge in [-0.3, -0.25) is 0 Å². The van der Waals surface area contributed by atoms with Crippen LogP contribution < -0.4 is 5.32 Å². The van der Waals surface area contributed by atoms with Crippen molar-refractivity contribution in [3.05, 3.63) is 36.5 Å². The van der Waals surface area contributed by atoms with Crippen molar-refractivity contribution in [2.24, 2.45) is 5.92 Å². The lowest BCUT2D eigenvalue weighted by molar-refractivity contribution is 0.418. The summed E-state index contributed by atoms with van der Waals surface area (Å²) in [5.41, 5.74) is 1.36. The van der Waals surface area contributed by atoms with Crippen LogP contribution in [0, 0.1) is 5.92 Å². The number of para-hydroxylation sites is 1. The maximum Gasteiger partial charge on any atom is 0.0480 e. The van der Waals surface area contributed by atoms with Gasteiger partial charge in [0.05, 0.1) is 0 Å². The molecule has 0 saturated heterocycles. The molecule has 1 saturated carbocycles. The van der Waals surface area contributed by atoms with Crippen LogP contribution in [0.3, 0.4) is 0 Å². The summed E-state index contributed by atoms with van der Waals surface area (Å²) < 4.78 is 2.37. The summed E-state index contributed by atoms with van der Waals surface area (Å²) >= 11 is 0.